The van der Waals surface area contributed by atoms with Gasteiger partial charge in [0.15, 0.2) is 17.5 Å². The van der Waals surface area contributed by atoms with Crippen LogP contribution < -0.4 is 5.32 Å². The summed E-state index contributed by atoms with van der Waals surface area (Å²) in [5, 5.41) is 7.18. The lowest BCUT2D eigenvalue weighted by atomic mass is 10.3. The minimum atomic E-state index is -0.647. The van der Waals surface area contributed by atoms with Gasteiger partial charge in [-0.2, -0.15) is 9.49 Å². The van der Waals surface area contributed by atoms with Crippen LogP contribution in [0.2, 0.25) is 0 Å². The number of hydrogen-bond donors (Lipinski definition) is 1. The Morgan fingerprint density at radius 3 is 2.59 bits per heavy atom. The summed E-state index contributed by atoms with van der Waals surface area (Å²) in [5.41, 5.74) is 2.03. The normalized spacial score (nSPS) is 10.8. The molecule has 9 heteroatoms. The van der Waals surface area contributed by atoms with E-state index in [2.05, 4.69) is 35.3 Å². The second-order valence-corrected chi connectivity index (χ2v) is 5.80. The highest BCUT2D eigenvalue weighted by Crippen LogP contribution is 2.25. The summed E-state index contributed by atoms with van der Waals surface area (Å²) >= 11 is 0. The minimum absolute atomic E-state index is 0.0302. The number of pyridine rings is 1. The van der Waals surface area contributed by atoms with Gasteiger partial charge in [-0.15, -0.1) is 0 Å². The molecule has 0 saturated carbocycles. The summed E-state index contributed by atoms with van der Waals surface area (Å²) < 4.78 is 16.7. The molecule has 4 rings (SSSR count). The molecule has 27 heavy (non-hydrogen) atoms. The third-order valence-electron chi connectivity index (χ3n) is 3.75. The van der Waals surface area contributed by atoms with E-state index < -0.39 is 5.82 Å². The molecular weight excluding hydrogens is 347 g/mol. The molecule has 0 atom stereocenters. The summed E-state index contributed by atoms with van der Waals surface area (Å²) in [6, 6.07) is 7.20. The van der Waals surface area contributed by atoms with E-state index in [0.717, 1.165) is 11.4 Å². The quantitative estimate of drug-likeness (QED) is 0.596. The summed E-state index contributed by atoms with van der Waals surface area (Å²) in [6.45, 7) is 3.67. The van der Waals surface area contributed by atoms with Crippen LogP contribution in [0.5, 0.6) is 0 Å². The number of nitrogens with zero attached hydrogens (tertiary/aromatic N) is 7. The highest BCUT2D eigenvalue weighted by atomic mass is 19.1. The van der Waals surface area contributed by atoms with Crippen LogP contribution in [0.25, 0.3) is 17.3 Å². The zero-order valence-electron chi connectivity index (χ0n) is 14.6. The Hall–Kier alpha value is -3.75. The van der Waals surface area contributed by atoms with Gasteiger partial charge in [-0.25, -0.2) is 19.6 Å². The van der Waals surface area contributed by atoms with Crippen LogP contribution in [0, 0.1) is 19.7 Å². The Morgan fingerprint density at radius 1 is 1.04 bits per heavy atom. The van der Waals surface area contributed by atoms with Crippen molar-refractivity contribution in [1.29, 1.82) is 0 Å². The molecule has 0 aliphatic rings. The fourth-order valence-corrected chi connectivity index (χ4v) is 2.60. The largest absolute Gasteiger partial charge is 0.321 e. The zero-order chi connectivity index (χ0) is 18.8. The van der Waals surface area contributed by atoms with E-state index in [4.69, 9.17) is 0 Å². The molecule has 4 aromatic heterocycles. The van der Waals surface area contributed by atoms with Crippen molar-refractivity contribution in [2.45, 2.75) is 13.8 Å². The van der Waals surface area contributed by atoms with Gasteiger partial charge in [0.05, 0.1) is 11.9 Å². The van der Waals surface area contributed by atoms with Crippen molar-refractivity contribution >= 4 is 11.6 Å². The first-order valence-corrected chi connectivity index (χ1v) is 8.17. The van der Waals surface area contributed by atoms with Crippen LogP contribution in [0.4, 0.5) is 16.0 Å². The van der Waals surface area contributed by atoms with Crippen LogP contribution in [-0.4, -0.2) is 34.7 Å². The number of rotatable bonds is 4. The Bertz CT molecular complexity index is 1080. The number of halogens is 1. The molecule has 1 N–H and O–H groups in total. The van der Waals surface area contributed by atoms with Gasteiger partial charge in [0.25, 0.3) is 0 Å². The molecule has 4 heterocycles. The average Bonchev–Trinajstić information content (AvgIpc) is 3.03. The maximum Gasteiger partial charge on any atom is 0.210 e. The fraction of sp³-hybridized carbons (Fsp3) is 0.111. The third kappa shape index (κ3) is 3.34. The number of hydrogen-bond acceptors (Lipinski definition) is 7. The van der Waals surface area contributed by atoms with Crippen LogP contribution in [0.15, 0.2) is 49.1 Å². The molecule has 4 aromatic rings. The lowest BCUT2D eigenvalue weighted by Crippen LogP contribution is -2.11. The standard InChI is InChI=1S/C18H15FN8/c1-11-9-12(2)27(26-11)18-15(19)17(23-14-10-20-7-8-22-14)24-16(25-18)13-5-3-4-6-21-13/h3-10H,1-2H3,(H,22,23,24,25). The highest BCUT2D eigenvalue weighted by molar-refractivity contribution is 5.60. The van der Waals surface area contributed by atoms with Crippen LogP contribution >= 0.6 is 0 Å². The number of anilines is 2. The molecule has 0 aliphatic carbocycles. The lowest BCUT2D eigenvalue weighted by molar-refractivity contribution is 0.595. The highest BCUT2D eigenvalue weighted by Gasteiger charge is 2.20. The molecule has 0 unspecified atom stereocenters. The summed E-state index contributed by atoms with van der Waals surface area (Å²) in [7, 11) is 0. The molecule has 0 spiro atoms. The van der Waals surface area contributed by atoms with Crippen LogP contribution in [0.1, 0.15) is 11.4 Å². The van der Waals surface area contributed by atoms with Crippen molar-refractivity contribution < 1.29 is 4.39 Å². The van der Waals surface area contributed by atoms with E-state index in [-0.39, 0.29) is 17.5 Å². The van der Waals surface area contributed by atoms with E-state index in [0.29, 0.717) is 11.5 Å². The van der Waals surface area contributed by atoms with Crippen molar-refractivity contribution in [3.05, 3.63) is 66.3 Å². The Kier molecular flexibility index (Phi) is 4.25. The first-order valence-electron chi connectivity index (χ1n) is 8.17. The van der Waals surface area contributed by atoms with Crippen LogP contribution in [0.3, 0.4) is 0 Å². The first-order chi connectivity index (χ1) is 13.1. The maximum atomic E-state index is 15.2. The first kappa shape index (κ1) is 16.7. The summed E-state index contributed by atoms with van der Waals surface area (Å²) in [6.07, 6.45) is 6.14. The predicted molar refractivity (Wildman–Crippen MR) is 97.1 cm³/mol. The third-order valence-corrected chi connectivity index (χ3v) is 3.75. The molecule has 0 radical (unpaired) electrons. The lowest BCUT2D eigenvalue weighted by Gasteiger charge is -2.12. The molecule has 8 nitrogen and oxygen atoms in total. The smallest absolute Gasteiger partial charge is 0.210 e. The molecule has 0 amide bonds. The molecule has 0 fully saturated rings. The van der Waals surface area contributed by atoms with Gasteiger partial charge in [-0.05, 0) is 32.0 Å². The topological polar surface area (TPSA) is 94.3 Å². The van der Waals surface area contributed by atoms with Crippen molar-refractivity contribution in [3.8, 4) is 17.3 Å². The second kappa shape index (κ2) is 6.87. The molecule has 0 aliphatic heterocycles. The van der Waals surface area contributed by atoms with E-state index in [1.54, 1.807) is 18.3 Å². The van der Waals surface area contributed by atoms with Gasteiger partial charge < -0.3 is 5.32 Å². The Balaban J connectivity index is 1.90. The molecule has 0 aromatic carbocycles. The van der Waals surface area contributed by atoms with Gasteiger partial charge in [-0.3, -0.25) is 9.97 Å². The zero-order valence-corrected chi connectivity index (χ0v) is 14.6. The molecule has 0 saturated heterocycles. The van der Waals surface area contributed by atoms with Gasteiger partial charge in [0.2, 0.25) is 5.82 Å². The number of aromatic nitrogens is 7. The Morgan fingerprint density at radius 2 is 1.93 bits per heavy atom. The summed E-state index contributed by atoms with van der Waals surface area (Å²) in [5.74, 6) is -0.0183. The van der Waals surface area contributed by atoms with Gasteiger partial charge >= 0.3 is 0 Å². The van der Waals surface area contributed by atoms with E-state index in [1.807, 2.05) is 26.0 Å². The predicted octanol–water partition coefficient (Wildman–Crippen LogP) is 3.01. The fourth-order valence-electron chi connectivity index (χ4n) is 2.60. The van der Waals surface area contributed by atoms with E-state index in [1.165, 1.54) is 23.3 Å². The number of nitrogens with one attached hydrogen (secondary N) is 1. The van der Waals surface area contributed by atoms with Gasteiger partial charge in [0.1, 0.15) is 11.5 Å². The average molecular weight is 362 g/mol. The van der Waals surface area contributed by atoms with Crippen molar-refractivity contribution in [2.24, 2.45) is 0 Å². The molecular formula is C18H15FN8. The SMILES string of the molecule is Cc1cc(C)n(-c2nc(-c3ccccn3)nc(Nc3cnccn3)c2F)n1. The number of aryl methyl sites for hydroxylation is 2. The maximum absolute atomic E-state index is 15.2. The molecule has 0 bridgehead atoms. The van der Waals surface area contributed by atoms with Crippen molar-refractivity contribution in [1.82, 2.24) is 34.7 Å². The Labute approximate surface area is 154 Å². The van der Waals surface area contributed by atoms with E-state index >= 15 is 4.39 Å². The monoisotopic (exact) mass is 362 g/mol. The summed E-state index contributed by atoms with van der Waals surface area (Å²) in [4.78, 5) is 21.0. The minimum Gasteiger partial charge on any atom is -0.321 e. The van der Waals surface area contributed by atoms with Crippen molar-refractivity contribution in [2.75, 3.05) is 5.32 Å². The van der Waals surface area contributed by atoms with Gasteiger partial charge in [-0.1, -0.05) is 6.07 Å². The molecule has 134 valence electrons. The van der Waals surface area contributed by atoms with Crippen LogP contribution in [-0.2, 0) is 0 Å². The second-order valence-electron chi connectivity index (χ2n) is 5.80. The van der Waals surface area contributed by atoms with E-state index in [9.17, 15) is 0 Å². The van der Waals surface area contributed by atoms with Crippen molar-refractivity contribution in [3.63, 3.8) is 0 Å². The van der Waals surface area contributed by atoms with Gasteiger partial charge in [0, 0.05) is 24.3 Å².